The van der Waals surface area contributed by atoms with Crippen molar-refractivity contribution in [1.82, 2.24) is 0 Å². The second-order valence-electron chi connectivity index (χ2n) is 5.39. The van der Waals surface area contributed by atoms with E-state index in [1.165, 1.54) is 13.8 Å². The van der Waals surface area contributed by atoms with Crippen LogP contribution in [0.15, 0.2) is 48.5 Å². The molecule has 4 nitrogen and oxygen atoms in total. The van der Waals surface area contributed by atoms with Gasteiger partial charge in [0.15, 0.2) is 5.60 Å². The predicted octanol–water partition coefficient (Wildman–Crippen LogP) is 4.19. The molecule has 2 aromatic carbocycles. The molecule has 0 bridgehead atoms. The molecule has 2 aromatic rings. The number of para-hydroxylation sites is 2. The first-order valence-electron chi connectivity index (χ1n) is 6.88. The zero-order valence-electron chi connectivity index (χ0n) is 12.5. The lowest BCUT2D eigenvalue weighted by atomic mass is 10.1. The first-order valence-corrected chi connectivity index (χ1v) is 7.26. The molecule has 0 aliphatic carbocycles. The SMILES string of the molecule is CC(C)(Oc1ccccc1NCc1ccc(Cl)cc1)C(=O)O. The highest BCUT2D eigenvalue weighted by atomic mass is 35.5. The Morgan fingerprint density at radius 3 is 2.45 bits per heavy atom. The smallest absolute Gasteiger partial charge is 0.347 e. The summed E-state index contributed by atoms with van der Waals surface area (Å²) in [4.78, 5) is 11.2. The predicted molar refractivity (Wildman–Crippen MR) is 87.6 cm³/mol. The summed E-state index contributed by atoms with van der Waals surface area (Å²) in [5, 5.41) is 13.1. The summed E-state index contributed by atoms with van der Waals surface area (Å²) in [7, 11) is 0. The molecule has 0 saturated carbocycles. The van der Waals surface area contributed by atoms with Crippen LogP contribution >= 0.6 is 11.6 Å². The number of nitrogens with one attached hydrogen (secondary N) is 1. The Morgan fingerprint density at radius 2 is 1.82 bits per heavy atom. The van der Waals surface area contributed by atoms with Gasteiger partial charge in [0, 0.05) is 11.6 Å². The van der Waals surface area contributed by atoms with Crippen LogP contribution in [0.2, 0.25) is 5.02 Å². The Bertz CT molecular complexity index is 653. The molecule has 0 heterocycles. The van der Waals surface area contributed by atoms with Crippen LogP contribution in [0.5, 0.6) is 5.75 Å². The van der Waals surface area contributed by atoms with Crippen LogP contribution in [0.1, 0.15) is 19.4 Å². The van der Waals surface area contributed by atoms with Gasteiger partial charge in [0.05, 0.1) is 5.69 Å². The van der Waals surface area contributed by atoms with Crippen molar-refractivity contribution in [3.63, 3.8) is 0 Å². The summed E-state index contributed by atoms with van der Waals surface area (Å²) in [6, 6.07) is 14.8. The van der Waals surface area contributed by atoms with Crippen LogP contribution < -0.4 is 10.1 Å². The Morgan fingerprint density at radius 1 is 1.18 bits per heavy atom. The maximum atomic E-state index is 11.2. The number of anilines is 1. The minimum atomic E-state index is -1.29. The van der Waals surface area contributed by atoms with E-state index in [0.29, 0.717) is 17.3 Å². The van der Waals surface area contributed by atoms with Crippen LogP contribution in [0.25, 0.3) is 0 Å². The van der Waals surface area contributed by atoms with Crippen molar-refractivity contribution >= 4 is 23.3 Å². The van der Waals surface area contributed by atoms with E-state index >= 15 is 0 Å². The summed E-state index contributed by atoms with van der Waals surface area (Å²) in [5.41, 5.74) is 0.515. The molecule has 0 unspecified atom stereocenters. The Kier molecular flexibility index (Phi) is 4.93. The standard InChI is InChI=1S/C17H18ClNO3/c1-17(2,16(20)21)22-15-6-4-3-5-14(15)19-11-12-7-9-13(18)10-8-12/h3-10,19H,11H2,1-2H3,(H,20,21). The summed E-state index contributed by atoms with van der Waals surface area (Å²) < 4.78 is 5.62. The Balaban J connectivity index is 2.11. The summed E-state index contributed by atoms with van der Waals surface area (Å²) in [6.45, 7) is 3.63. The fourth-order valence-corrected chi connectivity index (χ4v) is 1.95. The van der Waals surface area contributed by atoms with Crippen LogP contribution in [-0.2, 0) is 11.3 Å². The summed E-state index contributed by atoms with van der Waals surface area (Å²) >= 11 is 5.86. The number of carbonyl (C=O) groups is 1. The van der Waals surface area contributed by atoms with Crippen molar-refractivity contribution in [3.05, 3.63) is 59.1 Å². The number of carboxylic acids is 1. The average molecular weight is 320 g/mol. The molecular formula is C17H18ClNO3. The fourth-order valence-electron chi connectivity index (χ4n) is 1.82. The van der Waals surface area contributed by atoms with Crippen molar-refractivity contribution in [3.8, 4) is 5.75 Å². The van der Waals surface area contributed by atoms with Crippen molar-refractivity contribution in [2.75, 3.05) is 5.32 Å². The maximum Gasteiger partial charge on any atom is 0.347 e. The highest BCUT2D eigenvalue weighted by Crippen LogP contribution is 2.28. The third-order valence-electron chi connectivity index (χ3n) is 3.16. The van der Waals surface area contributed by atoms with Gasteiger partial charge in [0.2, 0.25) is 0 Å². The van der Waals surface area contributed by atoms with E-state index in [9.17, 15) is 4.79 Å². The normalized spacial score (nSPS) is 11.0. The first kappa shape index (κ1) is 16.2. The average Bonchev–Trinajstić information content (AvgIpc) is 2.47. The number of aliphatic carboxylic acids is 1. The van der Waals surface area contributed by atoms with Crippen LogP contribution in [-0.4, -0.2) is 16.7 Å². The molecule has 0 aromatic heterocycles. The van der Waals surface area contributed by atoms with Gasteiger partial charge in [-0.05, 0) is 43.7 Å². The third-order valence-corrected chi connectivity index (χ3v) is 3.42. The van der Waals surface area contributed by atoms with Gasteiger partial charge in [-0.1, -0.05) is 35.9 Å². The summed E-state index contributed by atoms with van der Waals surface area (Å²) in [6.07, 6.45) is 0. The van der Waals surface area contributed by atoms with E-state index in [2.05, 4.69) is 5.32 Å². The maximum absolute atomic E-state index is 11.2. The van der Waals surface area contributed by atoms with Crippen molar-refractivity contribution < 1.29 is 14.6 Å². The molecule has 0 fully saturated rings. The molecule has 0 amide bonds. The minimum absolute atomic E-state index is 0.504. The minimum Gasteiger partial charge on any atom is -0.478 e. The zero-order chi connectivity index (χ0) is 16.2. The zero-order valence-corrected chi connectivity index (χ0v) is 13.2. The molecule has 0 atom stereocenters. The van der Waals surface area contributed by atoms with Crippen LogP contribution in [0.3, 0.4) is 0 Å². The number of hydrogen-bond donors (Lipinski definition) is 2. The molecule has 0 aliphatic heterocycles. The van der Waals surface area contributed by atoms with E-state index in [-0.39, 0.29) is 0 Å². The second kappa shape index (κ2) is 6.71. The lowest BCUT2D eigenvalue weighted by Crippen LogP contribution is -2.38. The second-order valence-corrected chi connectivity index (χ2v) is 5.83. The van der Waals surface area contributed by atoms with Gasteiger partial charge >= 0.3 is 5.97 Å². The van der Waals surface area contributed by atoms with E-state index in [0.717, 1.165) is 11.3 Å². The fraction of sp³-hybridized carbons (Fsp3) is 0.235. The molecule has 0 radical (unpaired) electrons. The van der Waals surface area contributed by atoms with Gasteiger partial charge in [0.1, 0.15) is 5.75 Å². The summed E-state index contributed by atoms with van der Waals surface area (Å²) in [5.74, 6) is -0.510. The Labute approximate surface area is 134 Å². The molecular weight excluding hydrogens is 302 g/mol. The molecule has 0 aliphatic rings. The Hall–Kier alpha value is -2.20. The number of rotatable bonds is 6. The van der Waals surface area contributed by atoms with Crippen molar-refractivity contribution in [2.24, 2.45) is 0 Å². The number of halogens is 1. The van der Waals surface area contributed by atoms with Gasteiger partial charge < -0.3 is 15.2 Å². The van der Waals surface area contributed by atoms with Crippen molar-refractivity contribution in [1.29, 1.82) is 0 Å². The molecule has 116 valence electrons. The first-order chi connectivity index (χ1) is 10.4. The van der Waals surface area contributed by atoms with E-state index in [1.807, 2.05) is 36.4 Å². The number of ether oxygens (including phenoxy) is 1. The number of hydrogen-bond acceptors (Lipinski definition) is 3. The molecule has 2 rings (SSSR count). The third kappa shape index (κ3) is 4.15. The van der Waals surface area contributed by atoms with Gasteiger partial charge in [-0.15, -0.1) is 0 Å². The van der Waals surface area contributed by atoms with Gasteiger partial charge in [-0.3, -0.25) is 0 Å². The lowest BCUT2D eigenvalue weighted by Gasteiger charge is -2.23. The quantitative estimate of drug-likeness (QED) is 0.838. The van der Waals surface area contributed by atoms with Gasteiger partial charge in [-0.25, -0.2) is 4.79 Å². The van der Waals surface area contributed by atoms with E-state index in [1.54, 1.807) is 12.1 Å². The highest BCUT2D eigenvalue weighted by molar-refractivity contribution is 6.30. The van der Waals surface area contributed by atoms with E-state index in [4.69, 9.17) is 21.4 Å². The van der Waals surface area contributed by atoms with E-state index < -0.39 is 11.6 Å². The lowest BCUT2D eigenvalue weighted by molar-refractivity contribution is -0.152. The molecule has 0 spiro atoms. The number of benzene rings is 2. The van der Waals surface area contributed by atoms with Crippen LogP contribution in [0, 0.1) is 0 Å². The highest BCUT2D eigenvalue weighted by Gasteiger charge is 2.30. The van der Waals surface area contributed by atoms with Gasteiger partial charge in [0.25, 0.3) is 0 Å². The monoisotopic (exact) mass is 319 g/mol. The molecule has 0 saturated heterocycles. The largest absolute Gasteiger partial charge is 0.478 e. The van der Waals surface area contributed by atoms with Gasteiger partial charge in [-0.2, -0.15) is 0 Å². The topological polar surface area (TPSA) is 58.6 Å². The molecule has 2 N–H and O–H groups in total. The molecule has 22 heavy (non-hydrogen) atoms. The number of carboxylic acid groups (broad SMARTS) is 1. The van der Waals surface area contributed by atoms with Crippen LogP contribution in [0.4, 0.5) is 5.69 Å². The van der Waals surface area contributed by atoms with Crippen molar-refractivity contribution in [2.45, 2.75) is 26.0 Å². The molecule has 5 heteroatoms.